The summed E-state index contributed by atoms with van der Waals surface area (Å²) in [6.07, 6.45) is 2.01. The fourth-order valence-electron chi connectivity index (χ4n) is 3.82. The van der Waals surface area contributed by atoms with Crippen LogP contribution in [0.5, 0.6) is 11.5 Å². The van der Waals surface area contributed by atoms with Gasteiger partial charge >= 0.3 is 13.2 Å². The second-order valence-electron chi connectivity index (χ2n) is 6.73. The second kappa shape index (κ2) is 10.7. The van der Waals surface area contributed by atoms with E-state index < -0.39 is 13.2 Å². The predicted molar refractivity (Wildman–Crippen MR) is 103 cm³/mol. The number of rotatable bonds is 7. The Bertz CT molecular complexity index is 767. The number of halogens is 5. The molecule has 1 aliphatic rings. The maximum absolute atomic E-state index is 12.8. The number of alkyl halides is 4. The van der Waals surface area contributed by atoms with Gasteiger partial charge in [-0.3, -0.25) is 5.84 Å². The first-order chi connectivity index (χ1) is 13.4. The molecular formula is C20H23ClF4N2O2. The molecule has 0 radical (unpaired) electrons. The molecule has 1 heterocycles. The van der Waals surface area contributed by atoms with E-state index in [-0.39, 0.29) is 35.9 Å². The van der Waals surface area contributed by atoms with Gasteiger partial charge in [0.05, 0.1) is 6.04 Å². The van der Waals surface area contributed by atoms with Crippen molar-refractivity contribution in [1.82, 2.24) is 5.01 Å². The Labute approximate surface area is 173 Å². The Kier molecular flexibility index (Phi) is 8.55. The minimum atomic E-state index is -3.01. The third kappa shape index (κ3) is 6.22. The average molecular weight is 435 g/mol. The van der Waals surface area contributed by atoms with Crippen LogP contribution >= 0.6 is 12.4 Å². The van der Waals surface area contributed by atoms with Crippen LogP contribution in [0.2, 0.25) is 0 Å². The van der Waals surface area contributed by atoms with Crippen LogP contribution in [0, 0.1) is 5.92 Å². The van der Waals surface area contributed by atoms with Gasteiger partial charge in [-0.1, -0.05) is 30.3 Å². The van der Waals surface area contributed by atoms with Gasteiger partial charge < -0.3 is 9.47 Å². The fourth-order valence-corrected chi connectivity index (χ4v) is 3.82. The zero-order chi connectivity index (χ0) is 20.1. The summed E-state index contributed by atoms with van der Waals surface area (Å²) in [7, 11) is 0. The lowest BCUT2D eigenvalue weighted by Gasteiger charge is -2.39. The Balaban J connectivity index is 0.00000300. The molecule has 0 bridgehead atoms. The highest BCUT2D eigenvalue weighted by Gasteiger charge is 2.32. The van der Waals surface area contributed by atoms with Gasteiger partial charge in [-0.25, -0.2) is 5.01 Å². The molecule has 2 N–H and O–H groups in total. The zero-order valence-corrected chi connectivity index (χ0v) is 16.3. The Morgan fingerprint density at radius 2 is 1.69 bits per heavy atom. The molecule has 4 nitrogen and oxygen atoms in total. The predicted octanol–water partition coefficient (Wildman–Crippen LogP) is 5.18. The summed E-state index contributed by atoms with van der Waals surface area (Å²) in [6.45, 7) is -5.30. The maximum atomic E-state index is 12.8. The molecule has 3 rings (SSSR count). The number of nitrogens with zero attached hydrogens (tertiary/aromatic N) is 1. The van der Waals surface area contributed by atoms with Crippen LogP contribution in [0.15, 0.2) is 48.5 Å². The van der Waals surface area contributed by atoms with Gasteiger partial charge in [-0.15, -0.1) is 12.4 Å². The molecule has 9 heteroatoms. The van der Waals surface area contributed by atoms with Gasteiger partial charge in [0.15, 0.2) is 0 Å². The fraction of sp³-hybridized carbons (Fsp3) is 0.400. The first-order valence-electron chi connectivity index (χ1n) is 9.03. The summed E-state index contributed by atoms with van der Waals surface area (Å²) in [5.74, 6) is 6.09. The monoisotopic (exact) mass is 434 g/mol. The second-order valence-corrected chi connectivity index (χ2v) is 6.73. The molecule has 2 aromatic carbocycles. The molecule has 0 spiro atoms. The van der Waals surface area contributed by atoms with Crippen LogP contribution < -0.4 is 15.3 Å². The maximum Gasteiger partial charge on any atom is 0.387 e. The normalized spacial score (nSPS) is 19.8. The van der Waals surface area contributed by atoms with Gasteiger partial charge in [0.25, 0.3) is 0 Å². The van der Waals surface area contributed by atoms with Crippen molar-refractivity contribution in [3.63, 3.8) is 0 Å². The molecule has 0 unspecified atom stereocenters. The molecule has 1 fully saturated rings. The smallest absolute Gasteiger partial charge is 0.387 e. The minimum Gasteiger partial charge on any atom is -0.435 e. The lowest BCUT2D eigenvalue weighted by molar-refractivity contribution is -0.0536. The van der Waals surface area contributed by atoms with Gasteiger partial charge in [-0.2, -0.15) is 17.6 Å². The van der Waals surface area contributed by atoms with Crippen molar-refractivity contribution < 1.29 is 27.0 Å². The summed E-state index contributed by atoms with van der Waals surface area (Å²) >= 11 is 0. The number of hydrogen-bond acceptors (Lipinski definition) is 4. The SMILES string of the molecule is Cl.NN1CCC[C@@H](Cc2cc(OC(F)F)ccc2OC(F)F)[C@H]1c1ccccc1. The molecule has 0 aliphatic carbocycles. The van der Waals surface area contributed by atoms with E-state index in [1.807, 2.05) is 30.3 Å². The topological polar surface area (TPSA) is 47.7 Å². The van der Waals surface area contributed by atoms with Crippen LogP contribution in [-0.2, 0) is 6.42 Å². The van der Waals surface area contributed by atoms with E-state index in [0.717, 1.165) is 18.4 Å². The molecule has 29 heavy (non-hydrogen) atoms. The Morgan fingerprint density at radius 3 is 2.34 bits per heavy atom. The Morgan fingerprint density at radius 1 is 1.00 bits per heavy atom. The molecule has 2 atom stereocenters. The van der Waals surface area contributed by atoms with E-state index in [9.17, 15) is 17.6 Å². The summed E-state index contributed by atoms with van der Waals surface area (Å²) in [5, 5.41) is 1.75. The van der Waals surface area contributed by atoms with E-state index in [2.05, 4.69) is 9.47 Å². The highest BCUT2D eigenvalue weighted by atomic mass is 35.5. The van der Waals surface area contributed by atoms with Gasteiger partial charge in [0, 0.05) is 6.54 Å². The van der Waals surface area contributed by atoms with Crippen molar-refractivity contribution in [3.8, 4) is 11.5 Å². The number of ether oxygens (including phenoxy) is 2. The number of nitrogens with two attached hydrogens (primary N) is 1. The number of benzene rings is 2. The van der Waals surface area contributed by atoms with Crippen LogP contribution in [0.4, 0.5) is 17.6 Å². The third-order valence-electron chi connectivity index (χ3n) is 4.89. The van der Waals surface area contributed by atoms with E-state index in [1.165, 1.54) is 18.2 Å². The molecular weight excluding hydrogens is 412 g/mol. The van der Waals surface area contributed by atoms with Gasteiger partial charge in [-0.05, 0) is 54.5 Å². The highest BCUT2D eigenvalue weighted by Crippen LogP contribution is 2.39. The van der Waals surface area contributed by atoms with Crippen molar-refractivity contribution in [3.05, 3.63) is 59.7 Å². The summed E-state index contributed by atoms with van der Waals surface area (Å²) in [6, 6.07) is 13.3. The lowest BCUT2D eigenvalue weighted by atomic mass is 9.81. The largest absolute Gasteiger partial charge is 0.435 e. The molecule has 160 valence electrons. The number of hydrazine groups is 1. The first kappa shape index (κ1) is 23.3. The van der Waals surface area contributed by atoms with E-state index in [0.29, 0.717) is 18.5 Å². The van der Waals surface area contributed by atoms with Gasteiger partial charge in [0.2, 0.25) is 0 Å². The molecule has 1 saturated heterocycles. The molecule has 0 aromatic heterocycles. The van der Waals surface area contributed by atoms with E-state index >= 15 is 0 Å². The Hall–Kier alpha value is -2.03. The lowest BCUT2D eigenvalue weighted by Crippen LogP contribution is -2.44. The first-order valence-corrected chi connectivity index (χ1v) is 9.03. The summed E-state index contributed by atoms with van der Waals surface area (Å²) in [5.41, 5.74) is 1.41. The van der Waals surface area contributed by atoms with Crippen molar-refractivity contribution >= 4 is 12.4 Å². The van der Waals surface area contributed by atoms with Crippen molar-refractivity contribution in [1.29, 1.82) is 0 Å². The minimum absolute atomic E-state index is 0. The van der Waals surface area contributed by atoms with Crippen molar-refractivity contribution in [2.24, 2.45) is 11.8 Å². The van der Waals surface area contributed by atoms with Crippen LogP contribution in [0.1, 0.15) is 30.0 Å². The van der Waals surface area contributed by atoms with Crippen molar-refractivity contribution in [2.75, 3.05) is 6.54 Å². The van der Waals surface area contributed by atoms with Crippen LogP contribution in [0.3, 0.4) is 0 Å². The summed E-state index contributed by atoms with van der Waals surface area (Å²) < 4.78 is 59.7. The van der Waals surface area contributed by atoms with E-state index in [1.54, 1.807) is 5.01 Å². The highest BCUT2D eigenvalue weighted by molar-refractivity contribution is 5.85. The number of hydrogen-bond donors (Lipinski definition) is 1. The molecule has 1 aliphatic heterocycles. The molecule has 0 saturated carbocycles. The number of piperidine rings is 1. The molecule has 0 amide bonds. The summed E-state index contributed by atoms with van der Waals surface area (Å²) in [4.78, 5) is 0. The quantitative estimate of drug-likeness (QED) is 0.482. The van der Waals surface area contributed by atoms with Crippen molar-refractivity contribution in [2.45, 2.75) is 38.5 Å². The average Bonchev–Trinajstić information content (AvgIpc) is 2.64. The van der Waals surface area contributed by atoms with Crippen LogP contribution in [0.25, 0.3) is 0 Å². The zero-order valence-electron chi connectivity index (χ0n) is 15.5. The van der Waals surface area contributed by atoms with Gasteiger partial charge in [0.1, 0.15) is 11.5 Å². The third-order valence-corrected chi connectivity index (χ3v) is 4.89. The molecule has 2 aromatic rings. The van der Waals surface area contributed by atoms with E-state index in [4.69, 9.17) is 5.84 Å². The van der Waals surface area contributed by atoms with Crippen LogP contribution in [-0.4, -0.2) is 24.8 Å². The standard InChI is InChI=1S/C20H22F4N2O2.ClH/c21-19(22)27-16-8-9-17(28-20(23)24)15(12-16)11-14-7-4-10-26(25)18(14)13-5-2-1-3-6-13;/h1-3,5-6,8-9,12,14,18-20H,4,7,10-11,25H2;1H/t14-,18+;/m0./s1.